The average molecular weight is 329 g/mol. The van der Waals surface area contributed by atoms with E-state index in [4.69, 9.17) is 11.6 Å². The molecule has 0 spiro atoms. The van der Waals surface area contributed by atoms with Crippen molar-refractivity contribution < 1.29 is 9.90 Å². The number of thioether (sulfide) groups is 1. The van der Waals surface area contributed by atoms with E-state index in [1.807, 2.05) is 43.3 Å². The van der Waals surface area contributed by atoms with E-state index < -0.39 is 6.10 Å². The molecule has 116 valence electrons. The Hall–Kier alpha value is -0.750. The van der Waals surface area contributed by atoms with Gasteiger partial charge in [-0.2, -0.15) is 0 Å². The highest BCUT2D eigenvalue weighted by Crippen LogP contribution is 2.28. The Morgan fingerprint density at radius 1 is 1.48 bits per heavy atom. The van der Waals surface area contributed by atoms with E-state index in [2.05, 4.69) is 0 Å². The molecule has 1 N–H and O–H groups in total. The number of carbonyl (C=O) groups is 1. The van der Waals surface area contributed by atoms with Crippen LogP contribution in [0.5, 0.6) is 0 Å². The van der Waals surface area contributed by atoms with Gasteiger partial charge in [0.05, 0.1) is 16.9 Å². The normalized spacial score (nSPS) is 22.0. The van der Waals surface area contributed by atoms with Crippen LogP contribution in [0.3, 0.4) is 0 Å². The second kappa shape index (κ2) is 7.49. The first-order valence-electron chi connectivity index (χ1n) is 6.97. The fourth-order valence-electron chi connectivity index (χ4n) is 2.58. The molecule has 1 aromatic rings. The molecule has 1 aliphatic heterocycles. The number of hydrogen-bond donors (Lipinski definition) is 1. The number of likely N-dealkylation sites (N-methyl/N-ethyl adjacent to an activating group) is 1. The number of likely N-dealkylation sites (tertiary alicyclic amines) is 1. The maximum Gasteiger partial charge on any atom is 0.233 e. The molecule has 21 heavy (non-hydrogen) atoms. The summed E-state index contributed by atoms with van der Waals surface area (Å²) in [6.07, 6.45) is 0.241. The SMILES string of the molecule is CN(C)CC1CC(O)CN1C(=O)CSc1ccccc1Cl. The molecule has 0 bridgehead atoms. The quantitative estimate of drug-likeness (QED) is 0.839. The van der Waals surface area contributed by atoms with Crippen molar-refractivity contribution in [1.29, 1.82) is 0 Å². The van der Waals surface area contributed by atoms with Gasteiger partial charge in [0.25, 0.3) is 0 Å². The lowest BCUT2D eigenvalue weighted by Crippen LogP contribution is -2.42. The molecule has 0 aliphatic carbocycles. The minimum absolute atomic E-state index is 0.0586. The van der Waals surface area contributed by atoms with Crippen molar-refractivity contribution in [2.24, 2.45) is 0 Å². The molecular weight excluding hydrogens is 308 g/mol. The maximum atomic E-state index is 12.4. The second-order valence-corrected chi connectivity index (χ2v) is 7.00. The number of rotatable bonds is 5. The van der Waals surface area contributed by atoms with Crippen molar-refractivity contribution in [2.45, 2.75) is 23.5 Å². The van der Waals surface area contributed by atoms with Gasteiger partial charge in [-0.3, -0.25) is 4.79 Å². The Kier molecular flexibility index (Phi) is 5.93. The van der Waals surface area contributed by atoms with E-state index >= 15 is 0 Å². The molecular formula is C15H21ClN2O2S. The van der Waals surface area contributed by atoms with Crippen LogP contribution < -0.4 is 0 Å². The summed E-state index contributed by atoms with van der Waals surface area (Å²) in [5.74, 6) is 0.406. The number of halogens is 1. The molecule has 6 heteroatoms. The van der Waals surface area contributed by atoms with Crippen LogP contribution in [-0.4, -0.2) is 65.9 Å². The smallest absolute Gasteiger partial charge is 0.233 e. The molecule has 0 saturated carbocycles. The van der Waals surface area contributed by atoms with Crippen molar-refractivity contribution in [2.75, 3.05) is 32.9 Å². The molecule has 1 amide bonds. The van der Waals surface area contributed by atoms with Crippen LogP contribution in [0.2, 0.25) is 5.02 Å². The van der Waals surface area contributed by atoms with Crippen molar-refractivity contribution in [3.8, 4) is 0 Å². The van der Waals surface area contributed by atoms with Crippen molar-refractivity contribution in [1.82, 2.24) is 9.80 Å². The third kappa shape index (κ3) is 4.61. The zero-order chi connectivity index (χ0) is 15.4. The molecule has 1 saturated heterocycles. The van der Waals surface area contributed by atoms with Gasteiger partial charge in [-0.05, 0) is 32.6 Å². The Balaban J connectivity index is 1.94. The fraction of sp³-hybridized carbons (Fsp3) is 0.533. The highest BCUT2D eigenvalue weighted by atomic mass is 35.5. The van der Waals surface area contributed by atoms with Crippen molar-refractivity contribution in [3.63, 3.8) is 0 Å². The van der Waals surface area contributed by atoms with Crippen LogP contribution in [0.1, 0.15) is 6.42 Å². The van der Waals surface area contributed by atoms with Crippen LogP contribution in [0.15, 0.2) is 29.2 Å². The van der Waals surface area contributed by atoms with E-state index in [-0.39, 0.29) is 11.9 Å². The van der Waals surface area contributed by atoms with E-state index in [1.165, 1.54) is 11.8 Å². The zero-order valence-electron chi connectivity index (χ0n) is 12.3. The Labute approximate surface area is 135 Å². The van der Waals surface area contributed by atoms with E-state index in [9.17, 15) is 9.90 Å². The summed E-state index contributed by atoms with van der Waals surface area (Å²) in [4.78, 5) is 17.2. The summed E-state index contributed by atoms with van der Waals surface area (Å²) >= 11 is 7.54. The van der Waals surface area contributed by atoms with Crippen molar-refractivity contribution in [3.05, 3.63) is 29.3 Å². The van der Waals surface area contributed by atoms with Crippen molar-refractivity contribution >= 4 is 29.3 Å². The van der Waals surface area contributed by atoms with Crippen LogP contribution in [0.4, 0.5) is 0 Å². The minimum Gasteiger partial charge on any atom is -0.391 e. The lowest BCUT2D eigenvalue weighted by atomic mass is 10.2. The Morgan fingerprint density at radius 3 is 2.86 bits per heavy atom. The summed E-state index contributed by atoms with van der Waals surface area (Å²) < 4.78 is 0. The van der Waals surface area contributed by atoms with Gasteiger partial charge in [0.2, 0.25) is 5.91 Å². The molecule has 2 atom stereocenters. The predicted molar refractivity (Wildman–Crippen MR) is 86.9 cm³/mol. The Bertz CT molecular complexity index is 498. The number of benzene rings is 1. The lowest BCUT2D eigenvalue weighted by Gasteiger charge is -2.26. The zero-order valence-corrected chi connectivity index (χ0v) is 13.9. The summed E-state index contributed by atoms with van der Waals surface area (Å²) in [6.45, 7) is 1.21. The van der Waals surface area contributed by atoms with Gasteiger partial charge in [-0.15, -0.1) is 11.8 Å². The first-order chi connectivity index (χ1) is 9.97. The molecule has 1 heterocycles. The van der Waals surface area contributed by atoms with Gasteiger partial charge < -0.3 is 14.9 Å². The van der Waals surface area contributed by atoms with Gasteiger partial charge >= 0.3 is 0 Å². The number of β-amino-alcohol motifs (C(OH)–C–C–N with tert-alkyl or cyclic N) is 1. The highest BCUT2D eigenvalue weighted by molar-refractivity contribution is 8.00. The summed E-state index contributed by atoms with van der Waals surface area (Å²) in [5.41, 5.74) is 0. The standard InChI is InChI=1S/C15H21ClN2O2S/c1-17(2)8-11-7-12(19)9-18(11)15(20)10-21-14-6-4-3-5-13(14)16/h3-6,11-12,19H,7-10H2,1-2H3. The third-order valence-electron chi connectivity index (χ3n) is 3.48. The first kappa shape index (κ1) is 16.6. The number of amides is 1. The summed E-state index contributed by atoms with van der Waals surface area (Å²) in [7, 11) is 3.96. The predicted octanol–water partition coefficient (Wildman–Crippen LogP) is 1.96. The average Bonchev–Trinajstić information content (AvgIpc) is 2.77. The maximum absolute atomic E-state index is 12.4. The van der Waals surface area contributed by atoms with Crippen LogP contribution in [0.25, 0.3) is 0 Å². The molecule has 2 unspecified atom stereocenters. The fourth-order valence-corrected chi connectivity index (χ4v) is 3.70. The topological polar surface area (TPSA) is 43.8 Å². The van der Waals surface area contributed by atoms with Crippen LogP contribution in [-0.2, 0) is 4.79 Å². The molecule has 1 aliphatic rings. The van der Waals surface area contributed by atoms with Gasteiger partial charge in [-0.25, -0.2) is 0 Å². The molecule has 0 aromatic heterocycles. The van der Waals surface area contributed by atoms with Gasteiger partial charge in [0, 0.05) is 24.0 Å². The molecule has 1 fully saturated rings. The van der Waals surface area contributed by atoms with E-state index in [0.29, 0.717) is 23.7 Å². The van der Waals surface area contributed by atoms with Gasteiger partial charge in [-0.1, -0.05) is 23.7 Å². The second-order valence-electron chi connectivity index (χ2n) is 5.57. The number of hydrogen-bond acceptors (Lipinski definition) is 4. The minimum atomic E-state index is -0.413. The summed E-state index contributed by atoms with van der Waals surface area (Å²) in [5, 5.41) is 10.5. The highest BCUT2D eigenvalue weighted by Gasteiger charge is 2.34. The van der Waals surface area contributed by atoms with Gasteiger partial charge in [0.15, 0.2) is 0 Å². The molecule has 4 nitrogen and oxygen atoms in total. The van der Waals surface area contributed by atoms with Crippen LogP contribution >= 0.6 is 23.4 Å². The third-order valence-corrected chi connectivity index (χ3v) is 4.98. The van der Waals surface area contributed by atoms with Gasteiger partial charge in [0.1, 0.15) is 0 Å². The molecule has 0 radical (unpaired) electrons. The summed E-state index contributed by atoms with van der Waals surface area (Å²) in [6, 6.07) is 7.61. The van der Waals surface area contributed by atoms with Crippen LogP contribution in [0, 0.1) is 0 Å². The molecule has 2 rings (SSSR count). The monoisotopic (exact) mass is 328 g/mol. The molecule has 1 aromatic carbocycles. The number of aliphatic hydroxyl groups is 1. The van der Waals surface area contributed by atoms with E-state index in [1.54, 1.807) is 4.90 Å². The lowest BCUT2D eigenvalue weighted by molar-refractivity contribution is -0.129. The first-order valence-corrected chi connectivity index (χ1v) is 8.33. The number of aliphatic hydroxyl groups excluding tert-OH is 1. The largest absolute Gasteiger partial charge is 0.391 e. The van der Waals surface area contributed by atoms with E-state index in [0.717, 1.165) is 11.4 Å². The number of nitrogens with zero attached hydrogens (tertiary/aromatic N) is 2. The number of carbonyl (C=O) groups excluding carboxylic acids is 1. The Morgan fingerprint density at radius 2 is 2.19 bits per heavy atom.